The molecule has 0 saturated carbocycles. The van der Waals surface area contributed by atoms with Gasteiger partial charge in [0.05, 0.1) is 6.10 Å². The van der Waals surface area contributed by atoms with E-state index in [0.29, 0.717) is 17.4 Å². The largest absolute Gasteiger partial charge is 0.388 e. The summed E-state index contributed by atoms with van der Waals surface area (Å²) in [7, 11) is 0. The quantitative estimate of drug-likeness (QED) is 0.921. The Labute approximate surface area is 124 Å². The summed E-state index contributed by atoms with van der Waals surface area (Å²) in [6.07, 6.45) is 1.40. The number of benzene rings is 1. The minimum absolute atomic E-state index is 0.452. The second kappa shape index (κ2) is 6.37. The van der Waals surface area contributed by atoms with Crippen LogP contribution in [-0.4, -0.2) is 19.9 Å². The Hall–Kier alpha value is -1.39. The van der Waals surface area contributed by atoms with Crippen molar-refractivity contribution >= 4 is 11.6 Å². The summed E-state index contributed by atoms with van der Waals surface area (Å²) >= 11 is 6.00. The van der Waals surface area contributed by atoms with Gasteiger partial charge in [-0.3, -0.25) is 0 Å². The summed E-state index contributed by atoms with van der Waals surface area (Å²) in [6.45, 7) is 7.00. The van der Waals surface area contributed by atoms with E-state index in [-0.39, 0.29) is 0 Å². The SMILES string of the molecule is Cc1cc(C(O)Cc2ncnn2CC(C)C)ccc1Cl. The third-order valence-corrected chi connectivity index (χ3v) is 3.60. The lowest BCUT2D eigenvalue weighted by Crippen LogP contribution is -2.13. The molecule has 2 rings (SSSR count). The molecule has 1 heterocycles. The van der Waals surface area contributed by atoms with Crippen LogP contribution in [0.2, 0.25) is 5.02 Å². The lowest BCUT2D eigenvalue weighted by molar-refractivity contribution is 0.173. The van der Waals surface area contributed by atoms with Gasteiger partial charge in [-0.05, 0) is 30.0 Å². The normalized spacial score (nSPS) is 12.9. The van der Waals surface area contributed by atoms with Gasteiger partial charge in [-0.2, -0.15) is 5.10 Å². The Morgan fingerprint density at radius 3 is 2.75 bits per heavy atom. The van der Waals surface area contributed by atoms with Crippen LogP contribution in [0.5, 0.6) is 0 Å². The molecule has 0 radical (unpaired) electrons. The summed E-state index contributed by atoms with van der Waals surface area (Å²) in [6, 6.07) is 5.58. The molecule has 1 unspecified atom stereocenters. The van der Waals surface area contributed by atoms with Gasteiger partial charge in [0.15, 0.2) is 0 Å². The highest BCUT2D eigenvalue weighted by atomic mass is 35.5. The van der Waals surface area contributed by atoms with Gasteiger partial charge in [0.1, 0.15) is 12.2 Å². The molecule has 1 atom stereocenters. The van der Waals surface area contributed by atoms with E-state index in [2.05, 4.69) is 23.9 Å². The Balaban J connectivity index is 2.13. The molecule has 5 heteroatoms. The minimum Gasteiger partial charge on any atom is -0.388 e. The van der Waals surface area contributed by atoms with Crippen LogP contribution in [0.3, 0.4) is 0 Å². The molecule has 2 aromatic rings. The Morgan fingerprint density at radius 2 is 2.10 bits per heavy atom. The number of aryl methyl sites for hydroxylation is 1. The first-order valence-electron chi connectivity index (χ1n) is 6.78. The first kappa shape index (κ1) is 15.0. The highest BCUT2D eigenvalue weighted by Gasteiger charge is 2.14. The maximum absolute atomic E-state index is 10.3. The van der Waals surface area contributed by atoms with Crippen LogP contribution in [0.15, 0.2) is 24.5 Å². The molecular formula is C15H20ClN3O. The standard InChI is InChI=1S/C15H20ClN3O/c1-10(2)8-19-15(17-9-18-19)7-14(20)12-4-5-13(16)11(3)6-12/h4-6,9-10,14,20H,7-8H2,1-3H3. The number of hydrogen-bond donors (Lipinski definition) is 1. The van der Waals surface area contributed by atoms with Crippen LogP contribution >= 0.6 is 11.6 Å². The molecule has 0 saturated heterocycles. The van der Waals surface area contributed by atoms with Gasteiger partial charge in [-0.25, -0.2) is 9.67 Å². The molecule has 20 heavy (non-hydrogen) atoms. The fourth-order valence-corrected chi connectivity index (χ4v) is 2.23. The predicted molar refractivity (Wildman–Crippen MR) is 79.7 cm³/mol. The summed E-state index contributed by atoms with van der Waals surface area (Å²) in [5.41, 5.74) is 1.82. The number of aliphatic hydroxyl groups excluding tert-OH is 1. The van der Waals surface area contributed by atoms with Gasteiger partial charge in [-0.1, -0.05) is 37.6 Å². The third kappa shape index (κ3) is 3.58. The van der Waals surface area contributed by atoms with Crippen LogP contribution in [0.25, 0.3) is 0 Å². The third-order valence-electron chi connectivity index (χ3n) is 3.18. The monoisotopic (exact) mass is 293 g/mol. The van der Waals surface area contributed by atoms with Crippen molar-refractivity contribution in [3.05, 3.63) is 46.5 Å². The van der Waals surface area contributed by atoms with Gasteiger partial charge >= 0.3 is 0 Å². The van der Waals surface area contributed by atoms with Gasteiger partial charge < -0.3 is 5.11 Å². The molecule has 108 valence electrons. The van der Waals surface area contributed by atoms with Gasteiger partial charge in [0, 0.05) is 18.0 Å². The van der Waals surface area contributed by atoms with Crippen molar-refractivity contribution in [2.24, 2.45) is 5.92 Å². The predicted octanol–water partition coefficient (Wildman–Crippen LogP) is 3.17. The number of aromatic nitrogens is 3. The molecule has 1 aromatic carbocycles. The highest BCUT2D eigenvalue weighted by Crippen LogP contribution is 2.23. The molecule has 1 aromatic heterocycles. The smallest absolute Gasteiger partial charge is 0.138 e. The van der Waals surface area contributed by atoms with Gasteiger partial charge in [0.25, 0.3) is 0 Å². The van der Waals surface area contributed by atoms with Crippen LogP contribution < -0.4 is 0 Å². The Morgan fingerprint density at radius 1 is 1.35 bits per heavy atom. The highest BCUT2D eigenvalue weighted by molar-refractivity contribution is 6.31. The van der Waals surface area contributed by atoms with Crippen molar-refractivity contribution in [1.29, 1.82) is 0 Å². The molecule has 0 spiro atoms. The molecule has 0 amide bonds. The lowest BCUT2D eigenvalue weighted by Gasteiger charge is -2.13. The summed E-state index contributed by atoms with van der Waals surface area (Å²) in [4.78, 5) is 4.24. The lowest BCUT2D eigenvalue weighted by atomic mass is 10.0. The van der Waals surface area contributed by atoms with E-state index in [1.54, 1.807) is 0 Å². The number of hydrogen-bond acceptors (Lipinski definition) is 3. The second-order valence-electron chi connectivity index (χ2n) is 5.48. The zero-order chi connectivity index (χ0) is 14.7. The van der Waals surface area contributed by atoms with Crippen LogP contribution in [0.4, 0.5) is 0 Å². The van der Waals surface area contributed by atoms with Crippen molar-refractivity contribution in [3.63, 3.8) is 0 Å². The van der Waals surface area contributed by atoms with Crippen LogP contribution in [0, 0.1) is 12.8 Å². The molecule has 4 nitrogen and oxygen atoms in total. The molecule has 0 bridgehead atoms. The molecule has 0 fully saturated rings. The van der Waals surface area contributed by atoms with E-state index in [9.17, 15) is 5.11 Å². The second-order valence-corrected chi connectivity index (χ2v) is 5.89. The van der Waals surface area contributed by atoms with Crippen molar-refractivity contribution in [1.82, 2.24) is 14.8 Å². The maximum atomic E-state index is 10.3. The Bertz CT molecular complexity index is 580. The van der Waals surface area contributed by atoms with Crippen LogP contribution in [0.1, 0.15) is 36.9 Å². The van der Waals surface area contributed by atoms with Gasteiger partial charge in [-0.15, -0.1) is 0 Å². The van der Waals surface area contributed by atoms with E-state index in [4.69, 9.17) is 11.6 Å². The maximum Gasteiger partial charge on any atom is 0.138 e. The topological polar surface area (TPSA) is 50.9 Å². The zero-order valence-corrected chi connectivity index (χ0v) is 12.8. The van der Waals surface area contributed by atoms with E-state index in [1.807, 2.05) is 29.8 Å². The summed E-state index contributed by atoms with van der Waals surface area (Å²) in [5.74, 6) is 1.30. The molecule has 0 aliphatic carbocycles. The number of rotatable bonds is 5. The van der Waals surface area contributed by atoms with E-state index in [0.717, 1.165) is 23.5 Å². The van der Waals surface area contributed by atoms with E-state index < -0.39 is 6.10 Å². The number of aliphatic hydroxyl groups is 1. The van der Waals surface area contributed by atoms with Crippen LogP contribution in [-0.2, 0) is 13.0 Å². The average Bonchev–Trinajstić information content (AvgIpc) is 2.79. The minimum atomic E-state index is -0.596. The molecule has 1 N–H and O–H groups in total. The first-order chi connectivity index (χ1) is 9.47. The van der Waals surface area contributed by atoms with Crippen molar-refractivity contribution < 1.29 is 5.11 Å². The molecule has 0 aliphatic heterocycles. The van der Waals surface area contributed by atoms with Crippen molar-refractivity contribution in [3.8, 4) is 0 Å². The Kier molecular flexibility index (Phi) is 4.78. The van der Waals surface area contributed by atoms with Gasteiger partial charge in [0.2, 0.25) is 0 Å². The summed E-state index contributed by atoms with van der Waals surface area (Å²) < 4.78 is 1.86. The van der Waals surface area contributed by atoms with E-state index in [1.165, 1.54) is 6.33 Å². The van der Waals surface area contributed by atoms with Crippen molar-refractivity contribution in [2.75, 3.05) is 0 Å². The summed E-state index contributed by atoms with van der Waals surface area (Å²) in [5, 5.41) is 15.3. The number of halogens is 1. The van der Waals surface area contributed by atoms with E-state index >= 15 is 0 Å². The first-order valence-corrected chi connectivity index (χ1v) is 7.16. The number of nitrogens with zero attached hydrogens (tertiary/aromatic N) is 3. The van der Waals surface area contributed by atoms with Crippen molar-refractivity contribution in [2.45, 2.75) is 39.8 Å². The zero-order valence-electron chi connectivity index (χ0n) is 12.0. The fourth-order valence-electron chi connectivity index (χ4n) is 2.11. The fraction of sp³-hybridized carbons (Fsp3) is 0.467. The average molecular weight is 294 g/mol. The molecule has 0 aliphatic rings. The molecular weight excluding hydrogens is 274 g/mol.